The lowest BCUT2D eigenvalue weighted by molar-refractivity contribution is -0.122. The van der Waals surface area contributed by atoms with Gasteiger partial charge < -0.3 is 19.5 Å². The summed E-state index contributed by atoms with van der Waals surface area (Å²) in [5.74, 6) is 2.40. The van der Waals surface area contributed by atoms with Gasteiger partial charge in [0.25, 0.3) is 0 Å². The highest BCUT2D eigenvalue weighted by molar-refractivity contribution is 5.94. The number of carbonyl (C=O) groups excluding carboxylic acids is 1. The molecular weight excluding hydrogens is 296 g/mol. The van der Waals surface area contributed by atoms with Gasteiger partial charge in [-0.15, -0.1) is 0 Å². The van der Waals surface area contributed by atoms with Crippen LogP contribution in [0.25, 0.3) is 0 Å². The van der Waals surface area contributed by atoms with E-state index in [0.29, 0.717) is 28.8 Å². The SMILES string of the molecule is O=C(Nc1cccnc1Oc1ccc2c(c1)OCO2)C1CCC1. The minimum absolute atomic E-state index is 0.0276. The van der Waals surface area contributed by atoms with Crippen LogP contribution < -0.4 is 19.5 Å². The van der Waals surface area contributed by atoms with E-state index in [0.717, 1.165) is 19.3 Å². The maximum absolute atomic E-state index is 12.1. The Morgan fingerprint density at radius 1 is 1.22 bits per heavy atom. The van der Waals surface area contributed by atoms with Gasteiger partial charge in [0.15, 0.2) is 11.5 Å². The first-order chi connectivity index (χ1) is 11.3. The lowest BCUT2D eigenvalue weighted by Crippen LogP contribution is -2.28. The molecule has 0 bridgehead atoms. The summed E-state index contributed by atoms with van der Waals surface area (Å²) >= 11 is 0. The average molecular weight is 312 g/mol. The normalized spacial score (nSPS) is 15.8. The zero-order valence-electron chi connectivity index (χ0n) is 12.5. The highest BCUT2D eigenvalue weighted by Crippen LogP contribution is 2.37. The van der Waals surface area contributed by atoms with Crippen LogP contribution in [-0.2, 0) is 4.79 Å². The summed E-state index contributed by atoms with van der Waals surface area (Å²) in [6.45, 7) is 0.213. The molecule has 0 unspecified atom stereocenters. The van der Waals surface area contributed by atoms with Gasteiger partial charge in [0.05, 0.1) is 0 Å². The van der Waals surface area contributed by atoms with Crippen molar-refractivity contribution in [2.75, 3.05) is 12.1 Å². The standard InChI is InChI=1S/C17H16N2O4/c20-16(11-3-1-4-11)19-13-5-2-8-18-17(13)23-12-6-7-14-15(9-12)22-10-21-14/h2,5-9,11H,1,3-4,10H2,(H,19,20). The van der Waals surface area contributed by atoms with Gasteiger partial charge in [0.2, 0.25) is 18.6 Å². The molecule has 2 aliphatic rings. The summed E-state index contributed by atoms with van der Waals surface area (Å²) in [5, 5.41) is 2.90. The summed E-state index contributed by atoms with van der Waals surface area (Å²) < 4.78 is 16.4. The van der Waals surface area contributed by atoms with Crippen molar-refractivity contribution in [2.24, 2.45) is 5.92 Å². The molecule has 1 aromatic carbocycles. The Morgan fingerprint density at radius 2 is 2.09 bits per heavy atom. The topological polar surface area (TPSA) is 69.7 Å². The van der Waals surface area contributed by atoms with Gasteiger partial charge in [-0.3, -0.25) is 4.79 Å². The monoisotopic (exact) mass is 312 g/mol. The van der Waals surface area contributed by atoms with Crippen molar-refractivity contribution in [2.45, 2.75) is 19.3 Å². The number of rotatable bonds is 4. The number of fused-ring (bicyclic) bond motifs is 1. The molecule has 1 saturated carbocycles. The number of amides is 1. The van der Waals surface area contributed by atoms with Crippen molar-refractivity contribution >= 4 is 11.6 Å². The van der Waals surface area contributed by atoms with Crippen molar-refractivity contribution < 1.29 is 19.0 Å². The number of anilines is 1. The second-order valence-corrected chi connectivity index (χ2v) is 5.59. The molecule has 4 rings (SSSR count). The lowest BCUT2D eigenvalue weighted by atomic mass is 9.85. The van der Waals surface area contributed by atoms with Crippen LogP contribution in [0.3, 0.4) is 0 Å². The third kappa shape index (κ3) is 2.79. The largest absolute Gasteiger partial charge is 0.454 e. The van der Waals surface area contributed by atoms with Crippen LogP contribution in [0.1, 0.15) is 19.3 Å². The van der Waals surface area contributed by atoms with Crippen LogP contribution in [0.2, 0.25) is 0 Å². The molecule has 2 aromatic rings. The fourth-order valence-corrected chi connectivity index (χ4v) is 2.52. The molecule has 1 aromatic heterocycles. The summed E-state index contributed by atoms with van der Waals surface area (Å²) in [4.78, 5) is 16.3. The summed E-state index contributed by atoms with van der Waals surface area (Å²) in [6.07, 6.45) is 4.64. The number of nitrogens with zero attached hydrogens (tertiary/aromatic N) is 1. The van der Waals surface area contributed by atoms with Gasteiger partial charge in [0, 0.05) is 18.2 Å². The van der Waals surface area contributed by atoms with Crippen LogP contribution in [0, 0.1) is 5.92 Å². The van der Waals surface area contributed by atoms with Gasteiger partial charge in [-0.25, -0.2) is 4.98 Å². The zero-order valence-corrected chi connectivity index (χ0v) is 12.5. The molecule has 0 spiro atoms. The molecular formula is C17H16N2O4. The molecule has 2 heterocycles. The number of aromatic nitrogens is 1. The van der Waals surface area contributed by atoms with E-state index in [1.54, 1.807) is 36.5 Å². The van der Waals surface area contributed by atoms with E-state index in [-0.39, 0.29) is 18.6 Å². The molecule has 1 N–H and O–H groups in total. The minimum Gasteiger partial charge on any atom is -0.454 e. The number of benzene rings is 1. The number of hydrogen-bond acceptors (Lipinski definition) is 5. The molecule has 1 amide bonds. The van der Waals surface area contributed by atoms with E-state index in [1.165, 1.54) is 0 Å². The predicted molar refractivity (Wildman–Crippen MR) is 82.8 cm³/mol. The molecule has 6 heteroatoms. The van der Waals surface area contributed by atoms with E-state index < -0.39 is 0 Å². The summed E-state index contributed by atoms with van der Waals surface area (Å²) in [5.41, 5.74) is 0.571. The Labute approximate surface area is 133 Å². The second kappa shape index (κ2) is 5.79. The van der Waals surface area contributed by atoms with Crippen molar-refractivity contribution in [3.8, 4) is 23.1 Å². The average Bonchev–Trinajstić information content (AvgIpc) is 2.95. The molecule has 1 fully saturated rings. The molecule has 1 aliphatic carbocycles. The number of hydrogen-bond donors (Lipinski definition) is 1. The molecule has 0 atom stereocenters. The maximum Gasteiger partial charge on any atom is 0.243 e. The highest BCUT2D eigenvalue weighted by atomic mass is 16.7. The zero-order chi connectivity index (χ0) is 15.6. The van der Waals surface area contributed by atoms with Gasteiger partial charge >= 0.3 is 0 Å². The first kappa shape index (κ1) is 13.9. The van der Waals surface area contributed by atoms with Crippen LogP contribution in [0.4, 0.5) is 5.69 Å². The van der Waals surface area contributed by atoms with Crippen LogP contribution in [-0.4, -0.2) is 17.7 Å². The molecule has 6 nitrogen and oxygen atoms in total. The highest BCUT2D eigenvalue weighted by Gasteiger charge is 2.26. The number of ether oxygens (including phenoxy) is 3. The number of carbonyl (C=O) groups is 1. The lowest BCUT2D eigenvalue weighted by Gasteiger charge is -2.24. The van der Waals surface area contributed by atoms with Crippen molar-refractivity contribution in [3.05, 3.63) is 36.5 Å². The van der Waals surface area contributed by atoms with Crippen molar-refractivity contribution in [3.63, 3.8) is 0 Å². The summed E-state index contributed by atoms with van der Waals surface area (Å²) in [6, 6.07) is 8.86. The van der Waals surface area contributed by atoms with E-state index in [4.69, 9.17) is 14.2 Å². The van der Waals surface area contributed by atoms with Crippen molar-refractivity contribution in [1.82, 2.24) is 4.98 Å². The third-order valence-corrected chi connectivity index (χ3v) is 4.06. The predicted octanol–water partition coefficient (Wildman–Crippen LogP) is 3.34. The van der Waals surface area contributed by atoms with Gasteiger partial charge in [-0.1, -0.05) is 6.42 Å². The van der Waals surface area contributed by atoms with E-state index in [2.05, 4.69) is 10.3 Å². The van der Waals surface area contributed by atoms with E-state index in [9.17, 15) is 4.79 Å². The number of pyridine rings is 1. The van der Waals surface area contributed by atoms with Crippen molar-refractivity contribution in [1.29, 1.82) is 0 Å². The van der Waals surface area contributed by atoms with Crippen LogP contribution in [0.5, 0.6) is 23.1 Å². The first-order valence-electron chi connectivity index (χ1n) is 7.63. The number of nitrogens with one attached hydrogen (secondary N) is 1. The minimum atomic E-state index is 0.0276. The maximum atomic E-state index is 12.1. The van der Waals surface area contributed by atoms with Gasteiger partial charge in [-0.05, 0) is 37.1 Å². The smallest absolute Gasteiger partial charge is 0.243 e. The van der Waals surface area contributed by atoms with E-state index >= 15 is 0 Å². The van der Waals surface area contributed by atoms with Crippen LogP contribution in [0.15, 0.2) is 36.5 Å². The second-order valence-electron chi connectivity index (χ2n) is 5.59. The van der Waals surface area contributed by atoms with E-state index in [1.807, 2.05) is 0 Å². The van der Waals surface area contributed by atoms with Gasteiger partial charge in [0.1, 0.15) is 11.4 Å². The molecule has 1 aliphatic heterocycles. The molecule has 0 radical (unpaired) electrons. The molecule has 23 heavy (non-hydrogen) atoms. The Bertz CT molecular complexity index is 743. The quantitative estimate of drug-likeness (QED) is 0.937. The Morgan fingerprint density at radius 3 is 2.91 bits per heavy atom. The summed E-state index contributed by atoms with van der Waals surface area (Å²) in [7, 11) is 0. The Balaban J connectivity index is 1.53. The fraction of sp³-hybridized carbons (Fsp3) is 0.294. The first-order valence-corrected chi connectivity index (χ1v) is 7.63. The Hall–Kier alpha value is -2.76. The molecule has 118 valence electrons. The Kier molecular flexibility index (Phi) is 3.49. The fourth-order valence-electron chi connectivity index (χ4n) is 2.52. The third-order valence-electron chi connectivity index (χ3n) is 4.06. The van der Waals surface area contributed by atoms with Crippen LogP contribution >= 0.6 is 0 Å². The molecule has 0 saturated heterocycles. The van der Waals surface area contributed by atoms with Gasteiger partial charge in [-0.2, -0.15) is 0 Å².